The number of nitrogen functional groups attached to an aromatic ring is 1. The maximum Gasteiger partial charge on any atom is 0.421 e. The molecule has 4 nitrogen and oxygen atoms in total. The van der Waals surface area contributed by atoms with Crippen LogP contribution < -0.4 is 5.73 Å². The second-order valence-corrected chi connectivity index (χ2v) is 3.02. The fraction of sp³-hybridized carbons (Fsp3) is 0.143. The Balaban J connectivity index is 3.68. The monoisotopic (exact) mass is 243 g/mol. The van der Waals surface area contributed by atoms with E-state index < -0.39 is 39.7 Å². The van der Waals surface area contributed by atoms with E-state index in [-0.39, 0.29) is 0 Å². The minimum Gasteiger partial charge on any atom is -0.505 e. The van der Waals surface area contributed by atoms with Crippen molar-refractivity contribution in [2.24, 2.45) is 0 Å². The molecule has 0 fully saturated rings. The molecule has 0 radical (unpaired) electrons. The summed E-state index contributed by atoms with van der Waals surface area (Å²) in [6.45, 7) is 0. The van der Waals surface area contributed by atoms with Gasteiger partial charge in [-0.25, -0.2) is 0 Å². The lowest BCUT2D eigenvalue weighted by Crippen LogP contribution is -2.08. The molecule has 0 aliphatic rings. The Kier molecular flexibility index (Phi) is 2.52. The van der Waals surface area contributed by atoms with Crippen LogP contribution in [0.4, 0.5) is 18.9 Å². The van der Waals surface area contributed by atoms with Crippen LogP contribution in [0.3, 0.4) is 0 Å². The normalized spacial score (nSPS) is 11.7. The number of hydrogen-bond donors (Lipinski definition) is 4. The second kappa shape index (κ2) is 3.27. The molecule has 0 heterocycles. The van der Waals surface area contributed by atoms with E-state index in [1.807, 2.05) is 0 Å². The molecule has 0 atom stereocenters. The van der Waals surface area contributed by atoms with E-state index in [2.05, 4.69) is 0 Å². The molecule has 84 valence electrons. The molecule has 1 aromatic carbocycles. The van der Waals surface area contributed by atoms with Crippen LogP contribution in [0.2, 0.25) is 5.02 Å². The Morgan fingerprint density at radius 2 is 1.47 bits per heavy atom. The topological polar surface area (TPSA) is 86.7 Å². The molecular formula is C7H5ClF3NO3. The third kappa shape index (κ3) is 1.70. The SMILES string of the molecule is Nc1c(O)c(O)c(Cl)c(C(F)(F)F)c1O. The van der Waals surface area contributed by atoms with Gasteiger partial charge in [-0.05, 0) is 0 Å². The van der Waals surface area contributed by atoms with Crippen LogP contribution in [-0.4, -0.2) is 15.3 Å². The van der Waals surface area contributed by atoms with Crippen LogP contribution in [0.15, 0.2) is 0 Å². The summed E-state index contributed by atoms with van der Waals surface area (Å²) in [5.41, 5.74) is 2.26. The first-order chi connectivity index (χ1) is 6.68. The van der Waals surface area contributed by atoms with E-state index in [9.17, 15) is 13.2 Å². The Bertz CT molecular complexity index is 390. The molecule has 0 unspecified atom stereocenters. The van der Waals surface area contributed by atoms with Gasteiger partial charge in [-0.1, -0.05) is 11.6 Å². The van der Waals surface area contributed by atoms with Crippen molar-refractivity contribution in [2.45, 2.75) is 6.18 Å². The molecule has 15 heavy (non-hydrogen) atoms. The van der Waals surface area contributed by atoms with Crippen molar-refractivity contribution in [3.05, 3.63) is 10.6 Å². The maximum absolute atomic E-state index is 12.3. The van der Waals surface area contributed by atoms with E-state index in [0.717, 1.165) is 0 Å². The molecule has 1 aromatic rings. The lowest BCUT2D eigenvalue weighted by atomic mass is 10.1. The maximum atomic E-state index is 12.3. The lowest BCUT2D eigenvalue weighted by molar-refractivity contribution is -0.138. The fourth-order valence-electron chi connectivity index (χ4n) is 0.959. The zero-order chi connectivity index (χ0) is 12.0. The number of nitrogens with two attached hydrogens (primary N) is 1. The first-order valence-electron chi connectivity index (χ1n) is 3.47. The van der Waals surface area contributed by atoms with E-state index in [4.69, 9.17) is 32.7 Å². The average Bonchev–Trinajstić information content (AvgIpc) is 2.09. The van der Waals surface area contributed by atoms with Gasteiger partial charge in [-0.15, -0.1) is 0 Å². The molecule has 8 heteroatoms. The third-order valence-electron chi connectivity index (χ3n) is 1.68. The van der Waals surface area contributed by atoms with Gasteiger partial charge in [0.25, 0.3) is 0 Å². The summed E-state index contributed by atoms with van der Waals surface area (Å²) >= 11 is 5.11. The van der Waals surface area contributed by atoms with Gasteiger partial charge in [0, 0.05) is 0 Å². The van der Waals surface area contributed by atoms with E-state index in [0.29, 0.717) is 0 Å². The predicted octanol–water partition coefficient (Wildman–Crippen LogP) is 2.06. The van der Waals surface area contributed by atoms with Crippen molar-refractivity contribution < 1.29 is 28.5 Å². The Morgan fingerprint density at radius 3 is 1.87 bits per heavy atom. The molecule has 0 aliphatic carbocycles. The van der Waals surface area contributed by atoms with E-state index in [1.54, 1.807) is 0 Å². The third-order valence-corrected chi connectivity index (χ3v) is 2.05. The highest BCUT2D eigenvalue weighted by Gasteiger charge is 2.40. The number of benzene rings is 1. The Morgan fingerprint density at radius 1 is 1.00 bits per heavy atom. The van der Waals surface area contributed by atoms with Crippen LogP contribution in [0.25, 0.3) is 0 Å². The molecule has 0 saturated heterocycles. The van der Waals surface area contributed by atoms with Gasteiger partial charge in [-0.3, -0.25) is 0 Å². The van der Waals surface area contributed by atoms with Crippen LogP contribution in [-0.2, 0) is 6.18 Å². The van der Waals surface area contributed by atoms with E-state index in [1.165, 1.54) is 0 Å². The van der Waals surface area contributed by atoms with Gasteiger partial charge < -0.3 is 21.1 Å². The highest BCUT2D eigenvalue weighted by atomic mass is 35.5. The van der Waals surface area contributed by atoms with Crippen LogP contribution in [0.1, 0.15) is 5.56 Å². The molecule has 5 N–H and O–H groups in total. The average molecular weight is 244 g/mol. The fourth-order valence-corrected chi connectivity index (χ4v) is 1.25. The van der Waals surface area contributed by atoms with Gasteiger partial charge in [0.1, 0.15) is 16.3 Å². The van der Waals surface area contributed by atoms with Crippen molar-refractivity contribution in [3.63, 3.8) is 0 Å². The molecule has 1 rings (SSSR count). The van der Waals surface area contributed by atoms with Crippen molar-refractivity contribution >= 4 is 17.3 Å². The van der Waals surface area contributed by atoms with Gasteiger partial charge in [-0.2, -0.15) is 13.2 Å². The minimum atomic E-state index is -4.99. The molecule has 0 saturated carbocycles. The predicted molar refractivity (Wildman–Crippen MR) is 45.9 cm³/mol. The Labute approximate surface area is 86.3 Å². The zero-order valence-electron chi connectivity index (χ0n) is 6.93. The number of phenolic OH excluding ortho intramolecular Hbond substituents is 3. The summed E-state index contributed by atoms with van der Waals surface area (Å²) in [5, 5.41) is 25.8. The second-order valence-electron chi connectivity index (χ2n) is 2.65. The summed E-state index contributed by atoms with van der Waals surface area (Å²) in [6, 6.07) is 0. The standard InChI is InChI=1S/C7H5ClF3NO3/c8-2-1(7(9,10)11)4(13)3(12)6(15)5(2)14/h13-15H,12H2. The molecule has 0 amide bonds. The van der Waals surface area contributed by atoms with Crippen LogP contribution in [0, 0.1) is 0 Å². The first-order valence-corrected chi connectivity index (χ1v) is 3.84. The quantitative estimate of drug-likeness (QED) is 0.319. The molecule has 0 spiro atoms. The van der Waals surface area contributed by atoms with Crippen LogP contribution >= 0.6 is 11.6 Å². The lowest BCUT2D eigenvalue weighted by Gasteiger charge is -2.14. The smallest absolute Gasteiger partial charge is 0.421 e. The molecule has 0 aliphatic heterocycles. The number of alkyl halides is 3. The molecular weight excluding hydrogens is 239 g/mol. The number of phenols is 3. The van der Waals surface area contributed by atoms with Crippen LogP contribution in [0.5, 0.6) is 17.2 Å². The summed E-state index contributed by atoms with van der Waals surface area (Å²) in [7, 11) is 0. The van der Waals surface area contributed by atoms with E-state index >= 15 is 0 Å². The van der Waals surface area contributed by atoms with Gasteiger partial charge in [0.2, 0.25) is 0 Å². The highest BCUT2D eigenvalue weighted by Crippen LogP contribution is 2.52. The van der Waals surface area contributed by atoms with Gasteiger partial charge in [0.15, 0.2) is 17.2 Å². The summed E-state index contributed by atoms with van der Waals surface area (Å²) in [6.07, 6.45) is -4.99. The number of aromatic hydroxyl groups is 3. The number of halogens is 4. The number of rotatable bonds is 0. The first kappa shape index (κ1) is 11.6. The number of anilines is 1. The van der Waals surface area contributed by atoms with Crippen molar-refractivity contribution in [1.82, 2.24) is 0 Å². The van der Waals surface area contributed by atoms with Crippen molar-refractivity contribution in [1.29, 1.82) is 0 Å². The van der Waals surface area contributed by atoms with Crippen molar-refractivity contribution in [2.75, 3.05) is 5.73 Å². The molecule has 0 aromatic heterocycles. The summed E-state index contributed by atoms with van der Waals surface area (Å²) in [5.74, 6) is -3.73. The van der Waals surface area contributed by atoms with Crippen molar-refractivity contribution in [3.8, 4) is 17.2 Å². The largest absolute Gasteiger partial charge is 0.505 e. The van der Waals surface area contributed by atoms with Gasteiger partial charge in [0.05, 0.1) is 0 Å². The summed E-state index contributed by atoms with van der Waals surface area (Å²) < 4.78 is 36.9. The minimum absolute atomic E-state index is 0.982. The highest BCUT2D eigenvalue weighted by molar-refractivity contribution is 6.33. The number of hydrogen-bond acceptors (Lipinski definition) is 4. The Hall–Kier alpha value is -1.50. The summed E-state index contributed by atoms with van der Waals surface area (Å²) in [4.78, 5) is 0. The van der Waals surface area contributed by atoms with Gasteiger partial charge >= 0.3 is 6.18 Å². The zero-order valence-corrected chi connectivity index (χ0v) is 7.69. The molecule has 0 bridgehead atoms.